The average Bonchev–Trinajstić information content (AvgIpc) is 2.31. The number of carbonyl (C=O) groups excluding carboxylic acids is 2. The van der Waals surface area contributed by atoms with Crippen molar-refractivity contribution in [2.45, 2.75) is 19.9 Å². The number of amides is 1. The van der Waals surface area contributed by atoms with Gasteiger partial charge >= 0.3 is 5.97 Å². The Kier molecular flexibility index (Phi) is 5.23. The summed E-state index contributed by atoms with van der Waals surface area (Å²) in [4.78, 5) is 22.2. The van der Waals surface area contributed by atoms with Crippen LogP contribution in [0.15, 0.2) is 18.2 Å². The minimum absolute atomic E-state index is 0.0233. The third kappa shape index (κ3) is 4.48. The molecule has 1 rings (SSSR count). The van der Waals surface area contributed by atoms with Gasteiger partial charge in [0.15, 0.2) is 11.6 Å². The molecule has 0 aliphatic rings. The Hall–Kier alpha value is -1.98. The van der Waals surface area contributed by atoms with Crippen molar-refractivity contribution < 1.29 is 23.1 Å². The van der Waals surface area contributed by atoms with E-state index in [1.807, 2.05) is 0 Å². The Morgan fingerprint density at radius 2 is 2.00 bits per heavy atom. The summed E-state index contributed by atoms with van der Waals surface area (Å²) >= 11 is 0. The molecule has 0 spiro atoms. The first-order valence-electron chi connectivity index (χ1n) is 5.39. The minimum Gasteiger partial charge on any atom is -0.466 e. The van der Waals surface area contributed by atoms with E-state index in [2.05, 4.69) is 10.1 Å². The van der Waals surface area contributed by atoms with Gasteiger partial charge in [-0.1, -0.05) is 6.07 Å². The zero-order chi connectivity index (χ0) is 13.5. The van der Waals surface area contributed by atoms with E-state index in [1.54, 1.807) is 6.92 Å². The van der Waals surface area contributed by atoms with Crippen LogP contribution in [0.2, 0.25) is 0 Å². The normalized spacial score (nSPS) is 9.94. The van der Waals surface area contributed by atoms with Crippen LogP contribution < -0.4 is 5.32 Å². The maximum atomic E-state index is 12.9. The molecular weight excluding hydrogens is 244 g/mol. The predicted molar refractivity (Wildman–Crippen MR) is 59.5 cm³/mol. The summed E-state index contributed by atoms with van der Waals surface area (Å²) in [7, 11) is 0. The van der Waals surface area contributed by atoms with E-state index in [0.717, 1.165) is 12.1 Å². The maximum Gasteiger partial charge on any atom is 0.315 e. The van der Waals surface area contributed by atoms with Crippen molar-refractivity contribution in [1.29, 1.82) is 0 Å². The number of rotatable bonds is 5. The number of benzene rings is 1. The molecule has 0 atom stereocenters. The van der Waals surface area contributed by atoms with Gasteiger partial charge in [-0.2, -0.15) is 0 Å². The maximum absolute atomic E-state index is 12.9. The summed E-state index contributed by atoms with van der Waals surface area (Å²) in [5, 5.41) is 2.41. The fourth-order valence-electron chi connectivity index (χ4n) is 1.26. The van der Waals surface area contributed by atoms with Crippen LogP contribution in [0, 0.1) is 11.6 Å². The van der Waals surface area contributed by atoms with Gasteiger partial charge in [0.2, 0.25) is 5.91 Å². The Bertz CT molecular complexity index is 449. The van der Waals surface area contributed by atoms with E-state index < -0.39 is 29.9 Å². The number of ether oxygens (including phenoxy) is 1. The van der Waals surface area contributed by atoms with Crippen LogP contribution in [0.4, 0.5) is 8.78 Å². The molecule has 98 valence electrons. The number of halogens is 2. The monoisotopic (exact) mass is 257 g/mol. The molecule has 18 heavy (non-hydrogen) atoms. The van der Waals surface area contributed by atoms with Crippen LogP contribution in [0.3, 0.4) is 0 Å². The van der Waals surface area contributed by atoms with Crippen LogP contribution in [0.1, 0.15) is 18.9 Å². The summed E-state index contributed by atoms with van der Waals surface area (Å²) in [6, 6.07) is 3.31. The Balaban J connectivity index is 2.42. The van der Waals surface area contributed by atoms with Crippen LogP contribution in [0.5, 0.6) is 0 Å². The van der Waals surface area contributed by atoms with Gasteiger partial charge in [0.1, 0.15) is 6.42 Å². The predicted octanol–water partition coefficient (Wildman–Crippen LogP) is 1.53. The standard InChI is InChI=1S/C12H13F2NO3/c1-2-18-12(17)6-11(16)15-7-8-3-4-9(13)10(14)5-8/h3-5H,2,6-7H2,1H3,(H,15,16). The van der Waals surface area contributed by atoms with Crippen molar-refractivity contribution in [2.75, 3.05) is 6.61 Å². The van der Waals surface area contributed by atoms with Gasteiger partial charge < -0.3 is 10.1 Å². The third-order valence-electron chi connectivity index (χ3n) is 2.08. The number of carbonyl (C=O) groups is 2. The molecule has 0 aliphatic carbocycles. The zero-order valence-electron chi connectivity index (χ0n) is 9.83. The molecule has 0 saturated carbocycles. The molecule has 6 heteroatoms. The number of esters is 1. The van der Waals surface area contributed by atoms with Gasteiger partial charge in [-0.05, 0) is 24.6 Å². The smallest absolute Gasteiger partial charge is 0.315 e. The van der Waals surface area contributed by atoms with Crippen molar-refractivity contribution in [2.24, 2.45) is 0 Å². The van der Waals surface area contributed by atoms with Crippen LogP contribution >= 0.6 is 0 Å². The Morgan fingerprint density at radius 1 is 1.28 bits per heavy atom. The minimum atomic E-state index is -0.979. The van der Waals surface area contributed by atoms with Gasteiger partial charge in [-0.15, -0.1) is 0 Å². The van der Waals surface area contributed by atoms with Crippen molar-refractivity contribution in [3.63, 3.8) is 0 Å². The molecule has 0 aromatic heterocycles. The molecule has 0 bridgehead atoms. The van der Waals surface area contributed by atoms with E-state index in [0.29, 0.717) is 5.56 Å². The first-order valence-corrected chi connectivity index (χ1v) is 5.39. The molecule has 1 N–H and O–H groups in total. The van der Waals surface area contributed by atoms with E-state index in [1.165, 1.54) is 6.07 Å². The lowest BCUT2D eigenvalue weighted by molar-refractivity contribution is -0.146. The number of hydrogen-bond donors (Lipinski definition) is 1. The molecule has 0 radical (unpaired) electrons. The van der Waals surface area contributed by atoms with Crippen molar-refractivity contribution in [3.8, 4) is 0 Å². The molecule has 0 fully saturated rings. The largest absolute Gasteiger partial charge is 0.466 e. The fourth-order valence-corrected chi connectivity index (χ4v) is 1.26. The lowest BCUT2D eigenvalue weighted by Crippen LogP contribution is -2.26. The van der Waals surface area contributed by atoms with Crippen molar-refractivity contribution in [1.82, 2.24) is 5.32 Å². The first kappa shape index (κ1) is 14.1. The summed E-state index contributed by atoms with van der Waals surface area (Å²) in [5.74, 6) is -3.08. The topological polar surface area (TPSA) is 55.4 Å². The highest BCUT2D eigenvalue weighted by atomic mass is 19.2. The Morgan fingerprint density at radius 3 is 2.61 bits per heavy atom. The molecule has 0 saturated heterocycles. The molecular formula is C12H13F2NO3. The van der Waals surface area contributed by atoms with Crippen molar-refractivity contribution in [3.05, 3.63) is 35.4 Å². The molecule has 0 aliphatic heterocycles. The lowest BCUT2D eigenvalue weighted by atomic mass is 10.2. The first-order chi connectivity index (χ1) is 8.52. The average molecular weight is 257 g/mol. The second-order valence-corrected chi connectivity index (χ2v) is 3.51. The highest BCUT2D eigenvalue weighted by molar-refractivity contribution is 5.94. The third-order valence-corrected chi connectivity index (χ3v) is 2.08. The Labute approximate surface area is 103 Å². The van der Waals surface area contributed by atoms with Crippen molar-refractivity contribution >= 4 is 11.9 Å². The summed E-state index contributed by atoms with van der Waals surface area (Å²) < 4.78 is 30.1. The van der Waals surface area contributed by atoms with Gasteiger partial charge in [-0.3, -0.25) is 9.59 Å². The molecule has 1 aromatic rings. The molecule has 1 aromatic carbocycles. The second kappa shape index (κ2) is 6.68. The fraction of sp³-hybridized carbons (Fsp3) is 0.333. The van der Waals surface area contributed by atoms with Crippen LogP contribution in [-0.4, -0.2) is 18.5 Å². The molecule has 4 nitrogen and oxygen atoms in total. The highest BCUT2D eigenvalue weighted by Gasteiger charge is 2.10. The van der Waals surface area contributed by atoms with Gasteiger partial charge in [0, 0.05) is 6.54 Å². The van der Waals surface area contributed by atoms with Gasteiger partial charge in [0.05, 0.1) is 6.61 Å². The van der Waals surface area contributed by atoms with E-state index in [4.69, 9.17) is 0 Å². The summed E-state index contributed by atoms with van der Waals surface area (Å²) in [6.45, 7) is 1.86. The van der Waals surface area contributed by atoms with E-state index in [9.17, 15) is 18.4 Å². The zero-order valence-corrected chi connectivity index (χ0v) is 9.83. The number of nitrogens with one attached hydrogen (secondary N) is 1. The summed E-state index contributed by atoms with van der Waals surface area (Å²) in [5.41, 5.74) is 0.408. The van der Waals surface area contributed by atoms with E-state index >= 15 is 0 Å². The quantitative estimate of drug-likeness (QED) is 0.643. The summed E-state index contributed by atoms with van der Waals surface area (Å²) in [6.07, 6.45) is -0.391. The SMILES string of the molecule is CCOC(=O)CC(=O)NCc1ccc(F)c(F)c1. The lowest BCUT2D eigenvalue weighted by Gasteiger charge is -2.05. The molecule has 1 amide bonds. The number of hydrogen-bond acceptors (Lipinski definition) is 3. The second-order valence-electron chi connectivity index (χ2n) is 3.51. The van der Waals surface area contributed by atoms with Crippen LogP contribution in [-0.2, 0) is 20.9 Å². The van der Waals surface area contributed by atoms with E-state index in [-0.39, 0.29) is 13.2 Å². The van der Waals surface area contributed by atoms with Gasteiger partial charge in [-0.25, -0.2) is 8.78 Å². The van der Waals surface area contributed by atoms with Crippen LogP contribution in [0.25, 0.3) is 0 Å². The highest BCUT2D eigenvalue weighted by Crippen LogP contribution is 2.08. The van der Waals surface area contributed by atoms with Gasteiger partial charge in [0.25, 0.3) is 0 Å². The molecule has 0 heterocycles. The molecule has 0 unspecified atom stereocenters.